The van der Waals surface area contributed by atoms with Crippen LogP contribution in [0.5, 0.6) is 0 Å². The highest BCUT2D eigenvalue weighted by atomic mass is 35.5. The average molecular weight is 431 g/mol. The lowest BCUT2D eigenvalue weighted by Gasteiger charge is -2.28. The summed E-state index contributed by atoms with van der Waals surface area (Å²) in [5.74, 6) is 0.975. The van der Waals surface area contributed by atoms with Gasteiger partial charge in [0.25, 0.3) is 7.37 Å². The third kappa shape index (κ3) is 4.13. The number of rotatable bonds is 6. The Balaban J connectivity index is 1.87. The second-order valence-electron chi connectivity index (χ2n) is 7.01. The summed E-state index contributed by atoms with van der Waals surface area (Å²) in [4.78, 5) is 6.85. The first-order valence-corrected chi connectivity index (χ1v) is 11.9. The molecule has 152 valence electrons. The highest BCUT2D eigenvalue weighted by Crippen LogP contribution is 2.48. The molecule has 2 heterocycles. The van der Waals surface area contributed by atoms with Crippen LogP contribution in [0.25, 0.3) is 11.5 Å². The van der Waals surface area contributed by atoms with E-state index in [1.165, 1.54) is 6.42 Å². The van der Waals surface area contributed by atoms with Crippen LogP contribution in [0.4, 0.5) is 5.88 Å². The van der Waals surface area contributed by atoms with E-state index in [0.29, 0.717) is 34.1 Å². The Labute approximate surface area is 176 Å². The van der Waals surface area contributed by atoms with Crippen molar-refractivity contribution in [2.45, 2.75) is 26.2 Å². The van der Waals surface area contributed by atoms with Gasteiger partial charge in [-0.2, -0.15) is 0 Å². The van der Waals surface area contributed by atoms with Crippen LogP contribution in [0.3, 0.4) is 0 Å². The number of hydrogen-bond donors (Lipinski definition) is 0. The maximum atomic E-state index is 14.2. The minimum absolute atomic E-state index is 0.314. The Kier molecular flexibility index (Phi) is 6.09. The molecule has 0 saturated carbocycles. The summed E-state index contributed by atoms with van der Waals surface area (Å²) < 4.78 is 26.3. The standard InChI is InChI=1S/C22H24ClN2O3P/c1-2-27-29(26,19-9-5-3-6-10-19)21-22(25-15-7-4-8-16-25)28-20(24-21)17-11-13-18(23)14-12-17/h3,5-6,9-14H,2,4,7-8,15-16H2,1H3/t29-/m1/s1. The zero-order chi connectivity index (χ0) is 20.3. The molecule has 0 unspecified atom stereocenters. The first kappa shape index (κ1) is 20.2. The third-order valence-electron chi connectivity index (χ3n) is 5.01. The van der Waals surface area contributed by atoms with Gasteiger partial charge in [-0.25, -0.2) is 4.98 Å². The van der Waals surface area contributed by atoms with Crippen LogP contribution in [0.2, 0.25) is 5.02 Å². The maximum Gasteiger partial charge on any atom is 0.284 e. The summed E-state index contributed by atoms with van der Waals surface area (Å²) in [6.07, 6.45) is 3.33. The molecule has 1 aliphatic rings. The Morgan fingerprint density at radius 1 is 1.07 bits per heavy atom. The Bertz CT molecular complexity index is 999. The molecule has 0 radical (unpaired) electrons. The van der Waals surface area contributed by atoms with Crippen molar-refractivity contribution in [2.24, 2.45) is 0 Å². The molecular weight excluding hydrogens is 407 g/mol. The normalized spacial score (nSPS) is 16.6. The molecule has 7 heteroatoms. The highest BCUT2D eigenvalue weighted by Gasteiger charge is 2.38. The molecule has 1 saturated heterocycles. The van der Waals surface area contributed by atoms with E-state index in [1.54, 1.807) is 12.1 Å². The van der Waals surface area contributed by atoms with Gasteiger partial charge in [0.1, 0.15) is 0 Å². The first-order valence-electron chi connectivity index (χ1n) is 9.94. The summed E-state index contributed by atoms with van der Waals surface area (Å²) in [5.41, 5.74) is 1.17. The topological polar surface area (TPSA) is 55.6 Å². The van der Waals surface area contributed by atoms with Crippen LogP contribution in [0, 0.1) is 0 Å². The van der Waals surface area contributed by atoms with Crippen molar-refractivity contribution in [1.82, 2.24) is 4.98 Å². The minimum Gasteiger partial charge on any atom is -0.420 e. The molecule has 3 aromatic rings. The lowest BCUT2D eigenvalue weighted by Crippen LogP contribution is -2.34. The average Bonchev–Trinajstić information content (AvgIpc) is 3.22. The summed E-state index contributed by atoms with van der Waals surface area (Å²) in [6, 6.07) is 16.6. The Morgan fingerprint density at radius 2 is 1.76 bits per heavy atom. The molecule has 1 atom stereocenters. The van der Waals surface area contributed by atoms with E-state index in [4.69, 9.17) is 25.5 Å². The van der Waals surface area contributed by atoms with Gasteiger partial charge in [-0.3, -0.25) is 4.57 Å². The molecule has 0 spiro atoms. The molecule has 0 amide bonds. The number of piperidine rings is 1. The predicted octanol–water partition coefficient (Wildman–Crippen LogP) is 5.25. The monoisotopic (exact) mass is 430 g/mol. The van der Waals surface area contributed by atoms with Crippen LogP contribution < -0.4 is 15.6 Å². The fourth-order valence-electron chi connectivity index (χ4n) is 3.58. The molecule has 0 bridgehead atoms. The highest BCUT2D eigenvalue weighted by molar-refractivity contribution is 7.74. The van der Waals surface area contributed by atoms with Gasteiger partial charge in [0.05, 0.1) is 6.61 Å². The van der Waals surface area contributed by atoms with Crippen LogP contribution >= 0.6 is 19.0 Å². The van der Waals surface area contributed by atoms with Crippen molar-refractivity contribution >= 4 is 35.6 Å². The molecule has 1 fully saturated rings. The Morgan fingerprint density at radius 3 is 2.41 bits per heavy atom. The van der Waals surface area contributed by atoms with Crippen molar-refractivity contribution in [3.8, 4) is 11.5 Å². The molecule has 0 aliphatic carbocycles. The van der Waals surface area contributed by atoms with E-state index in [-0.39, 0.29) is 0 Å². The lowest BCUT2D eigenvalue weighted by atomic mass is 10.1. The largest absolute Gasteiger partial charge is 0.420 e. The fraction of sp³-hybridized carbons (Fsp3) is 0.318. The molecule has 4 rings (SSSR count). The number of hydrogen-bond acceptors (Lipinski definition) is 5. The first-order chi connectivity index (χ1) is 14.1. The second-order valence-corrected chi connectivity index (χ2v) is 9.74. The zero-order valence-corrected chi connectivity index (χ0v) is 18.0. The molecule has 5 nitrogen and oxygen atoms in total. The van der Waals surface area contributed by atoms with Crippen molar-refractivity contribution in [1.29, 1.82) is 0 Å². The quantitative estimate of drug-likeness (QED) is 0.500. The summed E-state index contributed by atoms with van der Waals surface area (Å²) >= 11 is 6.03. The smallest absolute Gasteiger partial charge is 0.284 e. The zero-order valence-electron chi connectivity index (χ0n) is 16.4. The SMILES string of the molecule is CCO[P@](=O)(c1ccccc1)c1nc(-c2ccc(Cl)cc2)oc1N1CCCCC1. The van der Waals surface area contributed by atoms with Gasteiger partial charge in [-0.15, -0.1) is 0 Å². The van der Waals surface area contributed by atoms with E-state index < -0.39 is 7.37 Å². The maximum absolute atomic E-state index is 14.2. The van der Waals surface area contributed by atoms with Gasteiger partial charge >= 0.3 is 0 Å². The molecule has 0 N–H and O–H groups in total. The van der Waals surface area contributed by atoms with E-state index in [0.717, 1.165) is 31.5 Å². The molecule has 1 aliphatic heterocycles. The van der Waals surface area contributed by atoms with E-state index >= 15 is 0 Å². The molecular formula is C22H24ClN2O3P. The number of aromatic nitrogens is 1. The number of oxazole rings is 1. The van der Waals surface area contributed by atoms with Gasteiger partial charge in [-0.1, -0.05) is 29.8 Å². The third-order valence-corrected chi connectivity index (χ3v) is 7.71. The second kappa shape index (κ2) is 8.74. The van der Waals surface area contributed by atoms with Crippen molar-refractivity contribution in [3.63, 3.8) is 0 Å². The van der Waals surface area contributed by atoms with Gasteiger partial charge < -0.3 is 13.8 Å². The van der Waals surface area contributed by atoms with Crippen LogP contribution in [-0.2, 0) is 9.09 Å². The summed E-state index contributed by atoms with van der Waals surface area (Å²) in [6.45, 7) is 3.86. The minimum atomic E-state index is -3.41. The fourth-order valence-corrected chi connectivity index (χ4v) is 5.81. The van der Waals surface area contributed by atoms with Crippen LogP contribution in [0.1, 0.15) is 26.2 Å². The van der Waals surface area contributed by atoms with Crippen LogP contribution in [-0.4, -0.2) is 24.7 Å². The molecule has 1 aromatic heterocycles. The lowest BCUT2D eigenvalue weighted by molar-refractivity contribution is 0.347. The van der Waals surface area contributed by atoms with E-state index in [9.17, 15) is 4.57 Å². The van der Waals surface area contributed by atoms with E-state index in [1.807, 2.05) is 49.4 Å². The number of anilines is 1. The van der Waals surface area contributed by atoms with Crippen molar-refractivity contribution in [3.05, 3.63) is 59.6 Å². The van der Waals surface area contributed by atoms with Gasteiger partial charge in [0.15, 0.2) is 5.44 Å². The van der Waals surface area contributed by atoms with Gasteiger partial charge in [0, 0.05) is 29.0 Å². The number of nitrogens with zero attached hydrogens (tertiary/aromatic N) is 2. The number of halogens is 1. The number of benzene rings is 2. The predicted molar refractivity (Wildman–Crippen MR) is 118 cm³/mol. The van der Waals surface area contributed by atoms with Gasteiger partial charge in [0.2, 0.25) is 11.8 Å². The Hall–Kier alpha value is -2.07. The molecule has 29 heavy (non-hydrogen) atoms. The van der Waals surface area contributed by atoms with Crippen molar-refractivity contribution < 1.29 is 13.5 Å². The molecule has 2 aromatic carbocycles. The van der Waals surface area contributed by atoms with Crippen molar-refractivity contribution in [2.75, 3.05) is 24.6 Å². The van der Waals surface area contributed by atoms with Gasteiger partial charge in [-0.05, 0) is 62.6 Å². The van der Waals surface area contributed by atoms with Crippen LogP contribution in [0.15, 0.2) is 59.0 Å². The van der Waals surface area contributed by atoms with E-state index in [2.05, 4.69) is 4.90 Å². The summed E-state index contributed by atoms with van der Waals surface area (Å²) in [7, 11) is -3.41. The summed E-state index contributed by atoms with van der Waals surface area (Å²) in [5, 5.41) is 1.26.